The molecular formula is C16H19BrN2O2. The molecule has 1 saturated heterocycles. The van der Waals surface area contributed by atoms with Crippen LogP contribution in [0.1, 0.15) is 18.9 Å². The van der Waals surface area contributed by atoms with Crippen molar-refractivity contribution in [3.05, 3.63) is 44.7 Å². The average molecular weight is 351 g/mol. The summed E-state index contributed by atoms with van der Waals surface area (Å²) in [5, 5.41) is 0.991. The van der Waals surface area contributed by atoms with Gasteiger partial charge in [0.1, 0.15) is 5.58 Å². The van der Waals surface area contributed by atoms with Crippen molar-refractivity contribution in [2.45, 2.75) is 25.9 Å². The Morgan fingerprint density at radius 3 is 3.00 bits per heavy atom. The van der Waals surface area contributed by atoms with Crippen LogP contribution in [0.15, 0.2) is 37.9 Å². The fraction of sp³-hybridized carbons (Fsp3) is 0.438. The van der Waals surface area contributed by atoms with Crippen LogP contribution < -0.4 is 11.4 Å². The summed E-state index contributed by atoms with van der Waals surface area (Å²) >= 11 is 3.41. The zero-order chi connectivity index (χ0) is 15.0. The summed E-state index contributed by atoms with van der Waals surface area (Å²) in [6.07, 6.45) is 1.10. The summed E-state index contributed by atoms with van der Waals surface area (Å²) in [5.41, 5.74) is 7.49. The van der Waals surface area contributed by atoms with Crippen molar-refractivity contribution in [2.24, 2.45) is 11.7 Å². The van der Waals surface area contributed by atoms with E-state index >= 15 is 0 Å². The topological polar surface area (TPSA) is 59.5 Å². The minimum atomic E-state index is -0.301. The van der Waals surface area contributed by atoms with Gasteiger partial charge in [0.25, 0.3) is 0 Å². The summed E-state index contributed by atoms with van der Waals surface area (Å²) < 4.78 is 6.19. The Morgan fingerprint density at radius 1 is 1.43 bits per heavy atom. The van der Waals surface area contributed by atoms with E-state index in [1.807, 2.05) is 18.2 Å². The van der Waals surface area contributed by atoms with Gasteiger partial charge in [-0.3, -0.25) is 4.90 Å². The minimum absolute atomic E-state index is 0.208. The molecular weight excluding hydrogens is 332 g/mol. The predicted molar refractivity (Wildman–Crippen MR) is 87.2 cm³/mol. The standard InChI is InChI=1S/C16H19BrN2O2/c1-10-4-5-19(9-14(10)18)8-11-6-16(20)21-15-7-12(17)2-3-13(11)15/h2-3,6-7,10,14H,4-5,8-9,18H2,1H3. The van der Waals surface area contributed by atoms with Crippen LogP contribution in [-0.2, 0) is 6.54 Å². The third kappa shape index (κ3) is 3.20. The second-order valence-corrected chi connectivity index (χ2v) is 6.81. The monoisotopic (exact) mass is 350 g/mol. The van der Waals surface area contributed by atoms with Crippen molar-refractivity contribution < 1.29 is 4.42 Å². The van der Waals surface area contributed by atoms with Gasteiger partial charge in [0.2, 0.25) is 0 Å². The van der Waals surface area contributed by atoms with E-state index in [2.05, 4.69) is 27.8 Å². The number of halogens is 1. The van der Waals surface area contributed by atoms with E-state index in [0.717, 1.165) is 41.5 Å². The van der Waals surface area contributed by atoms with Gasteiger partial charge in [-0.05, 0) is 42.6 Å². The van der Waals surface area contributed by atoms with Crippen LogP contribution >= 0.6 is 15.9 Å². The molecule has 1 aromatic heterocycles. The maximum atomic E-state index is 11.7. The fourth-order valence-electron chi connectivity index (χ4n) is 2.89. The number of nitrogens with zero attached hydrogens (tertiary/aromatic N) is 1. The van der Waals surface area contributed by atoms with Gasteiger partial charge in [0, 0.05) is 35.1 Å². The highest BCUT2D eigenvalue weighted by Gasteiger charge is 2.23. The first kappa shape index (κ1) is 14.8. The zero-order valence-corrected chi connectivity index (χ0v) is 13.6. The molecule has 1 fully saturated rings. The third-order valence-electron chi connectivity index (χ3n) is 4.29. The molecule has 0 bridgehead atoms. The first-order chi connectivity index (χ1) is 10.0. The molecule has 2 N–H and O–H groups in total. The Kier molecular flexibility index (Phi) is 4.15. The van der Waals surface area contributed by atoms with Crippen molar-refractivity contribution >= 4 is 26.9 Å². The number of nitrogens with two attached hydrogens (primary N) is 1. The number of hydrogen-bond acceptors (Lipinski definition) is 4. The Labute approximate surface area is 132 Å². The molecule has 2 heterocycles. The molecule has 2 unspecified atom stereocenters. The molecule has 0 radical (unpaired) electrons. The molecule has 0 amide bonds. The minimum Gasteiger partial charge on any atom is -0.423 e. The number of fused-ring (bicyclic) bond motifs is 1. The second-order valence-electron chi connectivity index (χ2n) is 5.90. The third-order valence-corrected chi connectivity index (χ3v) is 4.78. The van der Waals surface area contributed by atoms with Crippen molar-refractivity contribution in [2.75, 3.05) is 13.1 Å². The lowest BCUT2D eigenvalue weighted by atomic mass is 9.94. The zero-order valence-electron chi connectivity index (χ0n) is 12.0. The Balaban J connectivity index is 1.92. The van der Waals surface area contributed by atoms with Crippen LogP contribution in [0, 0.1) is 5.92 Å². The lowest BCUT2D eigenvalue weighted by Gasteiger charge is -2.35. The maximum absolute atomic E-state index is 11.7. The van der Waals surface area contributed by atoms with Gasteiger partial charge in [-0.2, -0.15) is 0 Å². The highest BCUT2D eigenvalue weighted by Crippen LogP contribution is 2.24. The quantitative estimate of drug-likeness (QED) is 0.846. The van der Waals surface area contributed by atoms with Crippen LogP contribution in [0.3, 0.4) is 0 Å². The molecule has 112 valence electrons. The number of benzene rings is 1. The van der Waals surface area contributed by atoms with Gasteiger partial charge in [-0.1, -0.05) is 22.9 Å². The summed E-state index contributed by atoms with van der Waals surface area (Å²) in [4.78, 5) is 14.1. The number of likely N-dealkylation sites (tertiary alicyclic amines) is 1. The summed E-state index contributed by atoms with van der Waals surface area (Å²) in [7, 11) is 0. The molecule has 5 heteroatoms. The lowest BCUT2D eigenvalue weighted by Crippen LogP contribution is -2.47. The summed E-state index contributed by atoms with van der Waals surface area (Å²) in [6, 6.07) is 7.60. The second kappa shape index (κ2) is 5.91. The van der Waals surface area contributed by atoms with E-state index in [1.165, 1.54) is 0 Å². The number of hydrogen-bond donors (Lipinski definition) is 1. The smallest absolute Gasteiger partial charge is 0.336 e. The van der Waals surface area contributed by atoms with Gasteiger partial charge >= 0.3 is 5.63 Å². The largest absolute Gasteiger partial charge is 0.423 e. The van der Waals surface area contributed by atoms with E-state index in [1.54, 1.807) is 6.07 Å². The van der Waals surface area contributed by atoms with E-state index in [4.69, 9.17) is 10.2 Å². The molecule has 3 rings (SSSR count). The molecule has 21 heavy (non-hydrogen) atoms. The Morgan fingerprint density at radius 2 is 2.24 bits per heavy atom. The fourth-order valence-corrected chi connectivity index (χ4v) is 3.23. The SMILES string of the molecule is CC1CCN(Cc2cc(=O)oc3cc(Br)ccc23)CC1N. The van der Waals surface area contributed by atoms with E-state index in [0.29, 0.717) is 11.5 Å². The Bertz CT molecular complexity index is 713. The number of piperidine rings is 1. The van der Waals surface area contributed by atoms with Gasteiger partial charge in [-0.15, -0.1) is 0 Å². The molecule has 0 saturated carbocycles. The van der Waals surface area contributed by atoms with Crippen LogP contribution in [0.25, 0.3) is 11.0 Å². The first-order valence-electron chi connectivity index (χ1n) is 7.23. The predicted octanol–water partition coefficient (Wildman–Crippen LogP) is 2.72. The first-order valence-corrected chi connectivity index (χ1v) is 8.02. The summed E-state index contributed by atoms with van der Waals surface area (Å²) in [5.74, 6) is 0.565. The lowest BCUT2D eigenvalue weighted by molar-refractivity contribution is 0.162. The average Bonchev–Trinajstić information content (AvgIpc) is 2.42. The Hall–Kier alpha value is -1.17. The van der Waals surface area contributed by atoms with Gasteiger partial charge in [0.05, 0.1) is 0 Å². The highest BCUT2D eigenvalue weighted by molar-refractivity contribution is 9.10. The molecule has 0 spiro atoms. The molecule has 1 aliphatic rings. The van der Waals surface area contributed by atoms with Crippen LogP contribution in [-0.4, -0.2) is 24.0 Å². The van der Waals surface area contributed by atoms with E-state index in [9.17, 15) is 4.79 Å². The van der Waals surface area contributed by atoms with Gasteiger partial charge < -0.3 is 10.2 Å². The van der Waals surface area contributed by atoms with Gasteiger partial charge in [0.15, 0.2) is 0 Å². The van der Waals surface area contributed by atoms with Crippen LogP contribution in [0.5, 0.6) is 0 Å². The normalized spacial score (nSPS) is 23.6. The number of rotatable bonds is 2. The van der Waals surface area contributed by atoms with Crippen molar-refractivity contribution in [3.8, 4) is 0 Å². The molecule has 1 aliphatic heterocycles. The molecule has 0 aliphatic carbocycles. The summed E-state index contributed by atoms with van der Waals surface area (Å²) in [6.45, 7) is 4.84. The molecule has 2 aromatic rings. The van der Waals surface area contributed by atoms with Crippen molar-refractivity contribution in [1.82, 2.24) is 4.90 Å². The van der Waals surface area contributed by atoms with Gasteiger partial charge in [-0.25, -0.2) is 4.79 Å². The van der Waals surface area contributed by atoms with Crippen molar-refractivity contribution in [3.63, 3.8) is 0 Å². The van der Waals surface area contributed by atoms with Crippen LogP contribution in [0.4, 0.5) is 0 Å². The highest BCUT2D eigenvalue weighted by atomic mass is 79.9. The van der Waals surface area contributed by atoms with Crippen molar-refractivity contribution in [1.29, 1.82) is 0 Å². The van der Waals surface area contributed by atoms with E-state index < -0.39 is 0 Å². The molecule has 2 atom stereocenters. The van der Waals surface area contributed by atoms with E-state index in [-0.39, 0.29) is 11.7 Å². The maximum Gasteiger partial charge on any atom is 0.336 e. The molecule has 4 nitrogen and oxygen atoms in total. The molecule has 1 aromatic carbocycles. The van der Waals surface area contributed by atoms with Crippen LogP contribution in [0.2, 0.25) is 0 Å².